The number of hydrogen-bond acceptors (Lipinski definition) is 2. The molecule has 1 aromatic heterocycles. The van der Waals surface area contributed by atoms with Gasteiger partial charge in [0.05, 0.1) is 5.69 Å². The number of carbonyl (C=O) groups is 1. The van der Waals surface area contributed by atoms with Crippen molar-refractivity contribution in [3.05, 3.63) is 48.3 Å². The van der Waals surface area contributed by atoms with Crippen molar-refractivity contribution < 1.29 is 4.79 Å². The SMILES string of the molecule is CC(CC1CCCCC1)C(=O)NCc1cccc(-n2cccn2)c1. The summed E-state index contributed by atoms with van der Waals surface area (Å²) in [5.74, 6) is 1.01. The largest absolute Gasteiger partial charge is 0.352 e. The molecule has 1 aliphatic rings. The predicted molar refractivity (Wildman–Crippen MR) is 95.8 cm³/mol. The summed E-state index contributed by atoms with van der Waals surface area (Å²) in [6, 6.07) is 10.0. The van der Waals surface area contributed by atoms with Gasteiger partial charge in [-0.25, -0.2) is 4.68 Å². The van der Waals surface area contributed by atoms with Crippen molar-refractivity contribution in [2.24, 2.45) is 11.8 Å². The molecule has 1 aromatic carbocycles. The second-order valence-corrected chi connectivity index (χ2v) is 6.98. The zero-order chi connectivity index (χ0) is 16.8. The Kier molecular flexibility index (Phi) is 5.68. The van der Waals surface area contributed by atoms with E-state index in [1.165, 1.54) is 32.1 Å². The average Bonchev–Trinajstić information content (AvgIpc) is 3.15. The van der Waals surface area contributed by atoms with E-state index in [-0.39, 0.29) is 11.8 Å². The molecule has 2 aromatic rings. The normalized spacial score (nSPS) is 16.7. The molecule has 0 radical (unpaired) electrons. The number of nitrogens with zero attached hydrogens (tertiary/aromatic N) is 2. The summed E-state index contributed by atoms with van der Waals surface area (Å²) in [6.45, 7) is 2.63. The van der Waals surface area contributed by atoms with Gasteiger partial charge in [-0.15, -0.1) is 0 Å². The number of rotatable bonds is 6. The van der Waals surface area contributed by atoms with Gasteiger partial charge in [0.15, 0.2) is 0 Å². The van der Waals surface area contributed by atoms with E-state index in [0.29, 0.717) is 6.54 Å². The van der Waals surface area contributed by atoms with Crippen LogP contribution in [-0.4, -0.2) is 15.7 Å². The Morgan fingerprint density at radius 2 is 2.12 bits per heavy atom. The molecule has 4 nitrogen and oxygen atoms in total. The van der Waals surface area contributed by atoms with E-state index >= 15 is 0 Å². The molecular formula is C20H27N3O. The van der Waals surface area contributed by atoms with E-state index in [9.17, 15) is 4.79 Å². The van der Waals surface area contributed by atoms with E-state index in [1.807, 2.05) is 35.1 Å². The minimum Gasteiger partial charge on any atom is -0.352 e. The van der Waals surface area contributed by atoms with Crippen LogP contribution in [0.15, 0.2) is 42.7 Å². The van der Waals surface area contributed by atoms with E-state index in [0.717, 1.165) is 23.6 Å². The van der Waals surface area contributed by atoms with Gasteiger partial charge in [0, 0.05) is 24.9 Å². The van der Waals surface area contributed by atoms with Gasteiger partial charge in [-0.3, -0.25) is 4.79 Å². The Morgan fingerprint density at radius 1 is 1.29 bits per heavy atom. The van der Waals surface area contributed by atoms with E-state index < -0.39 is 0 Å². The molecule has 1 aliphatic carbocycles. The van der Waals surface area contributed by atoms with Crippen LogP contribution in [0.5, 0.6) is 0 Å². The molecule has 0 bridgehead atoms. The highest BCUT2D eigenvalue weighted by Crippen LogP contribution is 2.29. The quantitative estimate of drug-likeness (QED) is 0.869. The molecule has 1 atom stereocenters. The zero-order valence-electron chi connectivity index (χ0n) is 14.4. The summed E-state index contributed by atoms with van der Waals surface area (Å²) in [5, 5.41) is 7.34. The Bertz CT molecular complexity index is 645. The van der Waals surface area contributed by atoms with Gasteiger partial charge in [0.2, 0.25) is 5.91 Å². The monoisotopic (exact) mass is 325 g/mol. The molecular weight excluding hydrogens is 298 g/mol. The van der Waals surface area contributed by atoms with E-state index in [2.05, 4.69) is 23.4 Å². The van der Waals surface area contributed by atoms with Crippen molar-refractivity contribution in [2.75, 3.05) is 0 Å². The summed E-state index contributed by atoms with van der Waals surface area (Å²) in [4.78, 5) is 12.4. The lowest BCUT2D eigenvalue weighted by molar-refractivity contribution is -0.125. The van der Waals surface area contributed by atoms with Crippen molar-refractivity contribution >= 4 is 5.91 Å². The number of aromatic nitrogens is 2. The van der Waals surface area contributed by atoms with Crippen LogP contribution in [-0.2, 0) is 11.3 Å². The van der Waals surface area contributed by atoms with Crippen LogP contribution in [0.4, 0.5) is 0 Å². The molecule has 1 heterocycles. The van der Waals surface area contributed by atoms with Gasteiger partial charge in [-0.1, -0.05) is 51.2 Å². The highest BCUT2D eigenvalue weighted by atomic mass is 16.1. The number of carbonyl (C=O) groups excluding carboxylic acids is 1. The van der Waals surface area contributed by atoms with Gasteiger partial charge in [0.1, 0.15) is 0 Å². The molecule has 1 unspecified atom stereocenters. The molecule has 0 aliphatic heterocycles. The summed E-state index contributed by atoms with van der Waals surface area (Å²) in [7, 11) is 0. The minimum absolute atomic E-state index is 0.0994. The van der Waals surface area contributed by atoms with Crippen molar-refractivity contribution in [3.8, 4) is 5.69 Å². The Morgan fingerprint density at radius 3 is 2.88 bits per heavy atom. The maximum Gasteiger partial charge on any atom is 0.223 e. The molecule has 1 N–H and O–H groups in total. The van der Waals surface area contributed by atoms with E-state index in [1.54, 1.807) is 6.20 Å². The predicted octanol–water partition coefficient (Wildman–Crippen LogP) is 4.10. The first kappa shape index (κ1) is 16.7. The maximum absolute atomic E-state index is 12.4. The first-order valence-electron chi connectivity index (χ1n) is 9.09. The molecule has 24 heavy (non-hydrogen) atoms. The standard InChI is InChI=1S/C20H27N3O/c1-16(13-17-7-3-2-4-8-17)20(24)21-15-18-9-5-10-19(14-18)23-12-6-11-22-23/h5-6,9-12,14,16-17H,2-4,7-8,13,15H2,1H3,(H,21,24). The molecule has 4 heteroatoms. The maximum atomic E-state index is 12.4. The van der Waals surface area contributed by atoms with Gasteiger partial charge in [0.25, 0.3) is 0 Å². The fourth-order valence-corrected chi connectivity index (χ4v) is 3.62. The fourth-order valence-electron chi connectivity index (χ4n) is 3.62. The fraction of sp³-hybridized carbons (Fsp3) is 0.500. The summed E-state index contributed by atoms with van der Waals surface area (Å²) in [6.07, 6.45) is 11.3. The van der Waals surface area contributed by atoms with Crippen LogP contribution in [0.2, 0.25) is 0 Å². The summed E-state index contributed by atoms with van der Waals surface area (Å²) < 4.78 is 1.83. The third kappa shape index (κ3) is 4.47. The number of amides is 1. The van der Waals surface area contributed by atoms with Crippen molar-refractivity contribution in [1.82, 2.24) is 15.1 Å². The van der Waals surface area contributed by atoms with Crippen LogP contribution < -0.4 is 5.32 Å². The lowest BCUT2D eigenvalue weighted by atomic mass is 9.83. The zero-order valence-corrected chi connectivity index (χ0v) is 14.4. The number of hydrogen-bond donors (Lipinski definition) is 1. The van der Waals surface area contributed by atoms with Crippen LogP contribution in [0.3, 0.4) is 0 Å². The second-order valence-electron chi connectivity index (χ2n) is 6.98. The lowest BCUT2D eigenvalue weighted by Crippen LogP contribution is -2.30. The molecule has 1 amide bonds. The summed E-state index contributed by atoms with van der Waals surface area (Å²) >= 11 is 0. The number of benzene rings is 1. The first-order chi connectivity index (χ1) is 11.7. The van der Waals surface area contributed by atoms with Crippen LogP contribution in [0.25, 0.3) is 5.69 Å². The lowest BCUT2D eigenvalue weighted by Gasteiger charge is -2.24. The van der Waals surface area contributed by atoms with Crippen molar-refractivity contribution in [3.63, 3.8) is 0 Å². The molecule has 0 saturated heterocycles. The highest BCUT2D eigenvalue weighted by molar-refractivity contribution is 5.78. The molecule has 0 spiro atoms. The van der Waals surface area contributed by atoms with Gasteiger partial charge >= 0.3 is 0 Å². The smallest absolute Gasteiger partial charge is 0.223 e. The van der Waals surface area contributed by atoms with Gasteiger partial charge < -0.3 is 5.32 Å². The van der Waals surface area contributed by atoms with Crippen molar-refractivity contribution in [2.45, 2.75) is 52.0 Å². The van der Waals surface area contributed by atoms with Crippen molar-refractivity contribution in [1.29, 1.82) is 0 Å². The first-order valence-corrected chi connectivity index (χ1v) is 9.09. The molecule has 1 fully saturated rings. The van der Waals surface area contributed by atoms with Gasteiger partial charge in [-0.05, 0) is 36.1 Å². The summed E-state index contributed by atoms with van der Waals surface area (Å²) in [5.41, 5.74) is 2.11. The number of nitrogens with one attached hydrogen (secondary N) is 1. The second kappa shape index (κ2) is 8.13. The Hall–Kier alpha value is -2.10. The Balaban J connectivity index is 1.51. The molecule has 128 valence electrons. The minimum atomic E-state index is 0.0994. The van der Waals surface area contributed by atoms with Crippen LogP contribution in [0.1, 0.15) is 51.0 Å². The third-order valence-corrected chi connectivity index (χ3v) is 5.01. The highest BCUT2D eigenvalue weighted by Gasteiger charge is 2.20. The topological polar surface area (TPSA) is 46.9 Å². The van der Waals surface area contributed by atoms with Crippen LogP contribution in [0, 0.1) is 11.8 Å². The molecule has 1 saturated carbocycles. The van der Waals surface area contributed by atoms with E-state index in [4.69, 9.17) is 0 Å². The third-order valence-electron chi connectivity index (χ3n) is 5.01. The van der Waals surface area contributed by atoms with Crippen LogP contribution >= 0.6 is 0 Å². The Labute approximate surface area is 144 Å². The molecule has 3 rings (SSSR count). The van der Waals surface area contributed by atoms with Gasteiger partial charge in [-0.2, -0.15) is 5.10 Å². The average molecular weight is 325 g/mol.